The summed E-state index contributed by atoms with van der Waals surface area (Å²) in [6, 6.07) is 57.4. The van der Waals surface area contributed by atoms with E-state index >= 15 is 0 Å². The highest BCUT2D eigenvalue weighted by atomic mass is 32.3. The van der Waals surface area contributed by atoms with Gasteiger partial charge in [-0.1, -0.05) is 91.6 Å². The van der Waals surface area contributed by atoms with Gasteiger partial charge in [-0.2, -0.15) is 26.3 Å². The summed E-state index contributed by atoms with van der Waals surface area (Å²) < 4.78 is 159. The second-order valence-corrected chi connectivity index (χ2v) is 26.5. The fourth-order valence-electron chi connectivity index (χ4n) is 7.85. The Morgan fingerprint density at radius 1 is 0.528 bits per heavy atom. The zero-order valence-corrected chi connectivity index (χ0v) is 43.2. The van der Waals surface area contributed by atoms with Crippen LogP contribution in [0.3, 0.4) is 0 Å². The number of hydrogen-bond acceptors (Lipinski definition) is 8. The largest absolute Gasteiger partial charge is 0.744 e. The Morgan fingerprint density at radius 3 is 1.15 bits per heavy atom. The van der Waals surface area contributed by atoms with E-state index in [9.17, 15) is 56.1 Å². The third-order valence-corrected chi connectivity index (χ3v) is 20.5. The number of methoxy groups -OCH3 is 1. The van der Waals surface area contributed by atoms with Gasteiger partial charge in [0.15, 0.2) is 28.6 Å². The van der Waals surface area contributed by atoms with Crippen LogP contribution >= 0.6 is 20.9 Å². The molecule has 378 valence electrons. The number of fused-ring (bicyclic) bond motifs is 6. The smallest absolute Gasteiger partial charge is 0.429 e. The molecule has 0 amide bonds. The lowest BCUT2D eigenvalue weighted by molar-refractivity contribution is -0.246. The number of rotatable bonds is 4. The molecule has 1 fully saturated rings. The molecule has 0 bridgehead atoms. The summed E-state index contributed by atoms with van der Waals surface area (Å²) in [5.74, 6) is -5.66. The van der Waals surface area contributed by atoms with Crippen LogP contribution in [-0.2, 0) is 35.6 Å². The lowest BCUT2D eigenvalue weighted by atomic mass is 9.87. The molecule has 20 heteroatoms. The monoisotopic (exact) mass is 1090 g/mol. The molecular formula is C52H46F6NO8S5+. The molecule has 9 nitrogen and oxygen atoms in total. The van der Waals surface area contributed by atoms with Crippen molar-refractivity contribution in [2.75, 3.05) is 7.11 Å². The third-order valence-electron chi connectivity index (χ3n) is 11.4. The first-order valence-corrected chi connectivity index (χ1v) is 28.4. The molecular weight excluding hydrogens is 1040 g/mol. The van der Waals surface area contributed by atoms with E-state index in [2.05, 4.69) is 154 Å². The molecule has 1 N–H and O–H groups in total. The first kappa shape index (κ1) is 53.9. The van der Waals surface area contributed by atoms with Crippen LogP contribution in [-0.4, -0.2) is 53.3 Å². The van der Waals surface area contributed by atoms with Crippen LogP contribution in [0.1, 0.15) is 37.5 Å². The van der Waals surface area contributed by atoms with Gasteiger partial charge in [0.25, 0.3) is 20.0 Å². The van der Waals surface area contributed by atoms with Gasteiger partial charge in [0.05, 0.1) is 12.0 Å². The fraction of sp³-hybridized carbons (Fsp3) is 0.192. The van der Waals surface area contributed by atoms with E-state index in [0.717, 1.165) is 16.9 Å². The van der Waals surface area contributed by atoms with Crippen LogP contribution in [0.2, 0.25) is 0 Å². The molecule has 0 saturated carbocycles. The third kappa shape index (κ3) is 10.2. The number of benzene rings is 7. The van der Waals surface area contributed by atoms with Crippen LogP contribution < -0.4 is 8.86 Å². The summed E-state index contributed by atoms with van der Waals surface area (Å²) in [6.45, 7) is 10.3. The molecule has 1 saturated heterocycles. The maximum absolute atomic E-state index is 12.5. The molecule has 9 aromatic rings. The van der Waals surface area contributed by atoms with Gasteiger partial charge < -0.3 is 9.29 Å². The van der Waals surface area contributed by atoms with Crippen molar-refractivity contribution in [3.8, 4) is 15.5 Å². The lowest BCUT2D eigenvalue weighted by Crippen LogP contribution is -2.70. The molecule has 0 unspecified atom stereocenters. The molecule has 1 aliphatic heterocycles. The first-order chi connectivity index (χ1) is 33.5. The second-order valence-electron chi connectivity index (χ2n) is 17.5. The van der Waals surface area contributed by atoms with Crippen molar-refractivity contribution >= 4 is 91.4 Å². The van der Waals surface area contributed by atoms with Crippen LogP contribution in [0.5, 0.6) is 5.75 Å². The van der Waals surface area contributed by atoms with Gasteiger partial charge in [-0.05, 0) is 121 Å². The number of halogens is 6. The Labute approximate surface area is 418 Å². The zero-order valence-electron chi connectivity index (χ0n) is 39.2. The highest BCUT2D eigenvalue weighted by Gasteiger charge is 2.86. The van der Waals surface area contributed by atoms with Crippen LogP contribution in [0.25, 0.3) is 50.1 Å². The number of nitrogens with one attached hydrogen (secondary N) is 1. The Bertz CT molecular complexity index is 3640. The Balaban J connectivity index is 0.000000145. The van der Waals surface area contributed by atoms with Crippen molar-refractivity contribution in [1.82, 2.24) is 4.13 Å². The number of aryl methyl sites for hydroxylation is 2. The number of alkyl halides is 6. The maximum Gasteiger partial charge on any atom is 0.429 e. The molecule has 0 aliphatic carbocycles. The zero-order chi connectivity index (χ0) is 52.8. The molecule has 0 spiro atoms. The van der Waals surface area contributed by atoms with Crippen molar-refractivity contribution in [3.63, 3.8) is 0 Å². The average Bonchev–Trinajstić information content (AvgIpc) is 3.84. The van der Waals surface area contributed by atoms with Gasteiger partial charge in [0, 0.05) is 54.6 Å². The van der Waals surface area contributed by atoms with Crippen molar-refractivity contribution < 1.29 is 60.9 Å². The molecule has 7 aromatic carbocycles. The normalized spacial score (nSPS) is 16.4. The average molecular weight is 1090 g/mol. The summed E-state index contributed by atoms with van der Waals surface area (Å²) in [4.78, 5) is 2.60. The predicted octanol–water partition coefficient (Wildman–Crippen LogP) is 14.0. The van der Waals surface area contributed by atoms with E-state index in [0.29, 0.717) is 0 Å². The molecule has 10 rings (SSSR count). The number of thiophene rings is 2. The lowest BCUT2D eigenvalue weighted by Gasteiger charge is -2.35. The van der Waals surface area contributed by atoms with Crippen LogP contribution in [0.15, 0.2) is 169 Å². The highest BCUT2D eigenvalue weighted by Crippen LogP contribution is 2.54. The molecule has 0 atom stereocenters. The summed E-state index contributed by atoms with van der Waals surface area (Å²) in [7, 11) is -15.5. The van der Waals surface area contributed by atoms with Crippen LogP contribution in [0.4, 0.5) is 26.3 Å². The minimum absolute atomic E-state index is 0.00637. The minimum atomic E-state index is -6.57. The Kier molecular flexibility index (Phi) is 14.9. The summed E-state index contributed by atoms with van der Waals surface area (Å²) in [5.41, 5.74) is 3.16. The van der Waals surface area contributed by atoms with Crippen molar-refractivity contribution in [2.45, 2.75) is 61.4 Å². The van der Waals surface area contributed by atoms with E-state index in [1.165, 1.54) is 67.8 Å². The Morgan fingerprint density at radius 2 is 0.847 bits per heavy atom. The van der Waals surface area contributed by atoms with Gasteiger partial charge in [0.2, 0.25) is 0 Å². The summed E-state index contributed by atoms with van der Waals surface area (Å²) >= 11 is 0. The molecule has 0 radical (unpaired) electrons. The van der Waals surface area contributed by atoms with Crippen molar-refractivity contribution in [1.29, 1.82) is 0 Å². The molecule has 3 heterocycles. The highest BCUT2D eigenvalue weighted by molar-refractivity contribution is 8.06. The SMILES string of the molecule is CC(C)(C)c1ccc(-[s+]2c3ccccc3c3ccccc32)cc1.COc1ccc(-[s+]2c3ccccc3c3ccccc32)cc1.Cc1cc(C)cc(S(=O)(=O)[O-])c1.O=S1(=O)NS(=O)(=O)C(F)(F)C(F)(F)C1(F)F. The van der Waals surface area contributed by atoms with Crippen LogP contribution in [0, 0.1) is 13.8 Å². The number of ether oxygens (including phenoxy) is 1. The fourth-order valence-corrected chi connectivity index (χ4v) is 16.3. The quantitative estimate of drug-likeness (QED) is 0.104. The summed E-state index contributed by atoms with van der Waals surface area (Å²) in [5, 5.41) is -6.96. The maximum atomic E-state index is 12.5. The van der Waals surface area contributed by atoms with Gasteiger partial charge >= 0.3 is 16.4 Å². The van der Waals surface area contributed by atoms with Gasteiger partial charge in [-0.3, -0.25) is 0 Å². The van der Waals surface area contributed by atoms with E-state index < -0.39 is 46.6 Å². The van der Waals surface area contributed by atoms with Gasteiger partial charge in [-0.15, -0.1) is 0 Å². The van der Waals surface area contributed by atoms with Gasteiger partial charge in [0.1, 0.15) is 15.9 Å². The van der Waals surface area contributed by atoms with Gasteiger partial charge in [-0.25, -0.2) is 25.3 Å². The molecule has 72 heavy (non-hydrogen) atoms. The number of hydrogen-bond donors (Lipinski definition) is 1. The Hall–Kier alpha value is -5.87. The van der Waals surface area contributed by atoms with E-state index in [1.54, 1.807) is 21.0 Å². The van der Waals surface area contributed by atoms with Crippen molar-refractivity contribution in [2.24, 2.45) is 0 Å². The second kappa shape index (κ2) is 19.9. The minimum Gasteiger partial charge on any atom is -0.744 e. The summed E-state index contributed by atoms with van der Waals surface area (Å²) in [6.07, 6.45) is 0. The first-order valence-electron chi connectivity index (χ1n) is 21.6. The topological polar surface area (TPSA) is 147 Å². The molecule has 1 aliphatic rings. The van der Waals surface area contributed by atoms with E-state index in [-0.39, 0.29) is 35.4 Å². The standard InChI is InChI=1S/C22H21S.C19H15OS.C8H10O3S.C3HF6NO4S2/c1-22(2,3)16-12-14-17(15-13-16)23-20-10-6-4-8-18(20)19-9-5-7-11-21(19)23;1-20-14-10-12-15(13-11-14)21-18-8-4-2-6-16(18)17-7-3-5-9-19(17)21;1-6-3-7(2)5-8(4-6)12(9,10)11;4-1(5)2(6,7)15(11,12)10-16(13,14)3(1,8)9/h4-15H,1-3H3;2-13H,1H3;3-5H,1-2H3,(H,9,10,11);10H/q2*+1;;/p-1. The van der Waals surface area contributed by atoms with E-state index in [1.807, 2.05) is 18.2 Å². The van der Waals surface area contributed by atoms with Crippen molar-refractivity contribution in [3.05, 3.63) is 180 Å². The van der Waals surface area contributed by atoms with E-state index in [4.69, 9.17) is 4.74 Å². The number of sulfonamides is 2. The molecule has 2 aromatic heterocycles. The predicted molar refractivity (Wildman–Crippen MR) is 275 cm³/mol.